The zero-order valence-corrected chi connectivity index (χ0v) is 11.8. The molecule has 100 valence electrons. The molecule has 1 aromatic carbocycles. The second kappa shape index (κ2) is 5.85. The van der Waals surface area contributed by atoms with Crippen molar-refractivity contribution in [3.8, 4) is 0 Å². The summed E-state index contributed by atoms with van der Waals surface area (Å²) in [6, 6.07) is 12.6. The van der Waals surface area contributed by atoms with Crippen molar-refractivity contribution < 1.29 is 0 Å². The molecular weight excluding hydrogens is 234 g/mol. The summed E-state index contributed by atoms with van der Waals surface area (Å²) in [7, 11) is 0. The summed E-state index contributed by atoms with van der Waals surface area (Å²) in [5.41, 5.74) is 10.4. The zero-order valence-electron chi connectivity index (χ0n) is 11.8. The summed E-state index contributed by atoms with van der Waals surface area (Å²) < 4.78 is 0. The first-order valence-electron chi connectivity index (χ1n) is 6.60. The predicted octanol–water partition coefficient (Wildman–Crippen LogP) is 3.33. The van der Waals surface area contributed by atoms with E-state index in [0.717, 1.165) is 17.1 Å². The van der Waals surface area contributed by atoms with E-state index < -0.39 is 0 Å². The lowest BCUT2D eigenvalue weighted by Gasteiger charge is -2.19. The lowest BCUT2D eigenvalue weighted by molar-refractivity contribution is 0.860. The highest BCUT2D eigenvalue weighted by atomic mass is 15.0. The van der Waals surface area contributed by atoms with E-state index in [4.69, 9.17) is 5.73 Å². The molecule has 3 nitrogen and oxygen atoms in total. The van der Waals surface area contributed by atoms with E-state index in [1.807, 2.05) is 25.1 Å². The van der Waals surface area contributed by atoms with Crippen LogP contribution in [0.25, 0.3) is 0 Å². The van der Waals surface area contributed by atoms with E-state index in [1.165, 1.54) is 11.1 Å². The second-order valence-electron chi connectivity index (χ2n) is 4.89. The van der Waals surface area contributed by atoms with Gasteiger partial charge in [-0.15, -0.1) is 0 Å². The fourth-order valence-corrected chi connectivity index (χ4v) is 2.27. The topological polar surface area (TPSA) is 50.9 Å². The minimum absolute atomic E-state index is 0.209. The monoisotopic (exact) mass is 255 g/mol. The smallest absolute Gasteiger partial charge is 0.131 e. The first-order valence-corrected chi connectivity index (χ1v) is 6.60. The van der Waals surface area contributed by atoms with Crippen LogP contribution in [0.1, 0.15) is 35.3 Å². The molecule has 3 heteroatoms. The number of benzene rings is 1. The summed E-state index contributed by atoms with van der Waals surface area (Å²) in [6.45, 7) is 6.72. The maximum absolute atomic E-state index is 5.84. The molecule has 1 unspecified atom stereocenters. The van der Waals surface area contributed by atoms with Crippen LogP contribution >= 0.6 is 0 Å². The molecule has 0 saturated heterocycles. The minimum Gasteiger partial charge on any atom is -0.363 e. The first kappa shape index (κ1) is 13.6. The van der Waals surface area contributed by atoms with Crippen LogP contribution in [0, 0.1) is 13.8 Å². The molecule has 1 heterocycles. The second-order valence-corrected chi connectivity index (χ2v) is 4.89. The van der Waals surface area contributed by atoms with Crippen molar-refractivity contribution in [3.05, 3.63) is 58.8 Å². The van der Waals surface area contributed by atoms with Gasteiger partial charge in [0, 0.05) is 23.8 Å². The third-order valence-electron chi connectivity index (χ3n) is 3.33. The molecule has 0 radical (unpaired) electrons. The number of hydrogen-bond acceptors (Lipinski definition) is 3. The van der Waals surface area contributed by atoms with Gasteiger partial charge in [-0.05, 0) is 38.0 Å². The van der Waals surface area contributed by atoms with E-state index in [-0.39, 0.29) is 6.04 Å². The predicted molar refractivity (Wildman–Crippen MR) is 80.1 cm³/mol. The molecule has 2 rings (SSSR count). The van der Waals surface area contributed by atoms with Crippen LogP contribution in [-0.4, -0.2) is 4.98 Å². The Morgan fingerprint density at radius 3 is 2.53 bits per heavy atom. The molecule has 0 saturated carbocycles. The van der Waals surface area contributed by atoms with Gasteiger partial charge in [-0.25, -0.2) is 4.98 Å². The molecule has 0 aliphatic carbocycles. The van der Waals surface area contributed by atoms with Crippen LogP contribution in [-0.2, 0) is 6.54 Å². The average molecular weight is 255 g/mol. The van der Waals surface area contributed by atoms with Crippen molar-refractivity contribution in [2.75, 3.05) is 5.32 Å². The van der Waals surface area contributed by atoms with E-state index in [1.54, 1.807) is 0 Å². The molecule has 0 spiro atoms. The van der Waals surface area contributed by atoms with Crippen LogP contribution in [0.5, 0.6) is 0 Å². The third-order valence-corrected chi connectivity index (χ3v) is 3.33. The average Bonchev–Trinajstić information content (AvgIpc) is 2.39. The number of hydrogen-bond donors (Lipinski definition) is 2. The Morgan fingerprint density at radius 1 is 1.21 bits per heavy atom. The number of nitrogens with zero attached hydrogens (tertiary/aromatic N) is 1. The number of anilines is 1. The lowest BCUT2D eigenvalue weighted by atomic mass is 10.1. The number of nitrogens with two attached hydrogens (primary N) is 1. The summed E-state index contributed by atoms with van der Waals surface area (Å²) in [4.78, 5) is 4.58. The van der Waals surface area contributed by atoms with Crippen LogP contribution in [0.3, 0.4) is 0 Å². The maximum Gasteiger partial charge on any atom is 0.131 e. The minimum atomic E-state index is 0.209. The van der Waals surface area contributed by atoms with Crippen molar-refractivity contribution in [2.24, 2.45) is 5.73 Å². The van der Waals surface area contributed by atoms with Gasteiger partial charge in [0.05, 0.1) is 0 Å². The summed E-state index contributed by atoms with van der Waals surface area (Å²) in [6.07, 6.45) is 0. The summed E-state index contributed by atoms with van der Waals surface area (Å²) >= 11 is 0. The molecule has 19 heavy (non-hydrogen) atoms. The van der Waals surface area contributed by atoms with E-state index >= 15 is 0 Å². The summed E-state index contributed by atoms with van der Waals surface area (Å²) in [5, 5.41) is 3.47. The molecule has 0 aliphatic heterocycles. The summed E-state index contributed by atoms with van der Waals surface area (Å²) in [5.74, 6) is 0.899. The van der Waals surface area contributed by atoms with Gasteiger partial charge >= 0.3 is 0 Å². The quantitative estimate of drug-likeness (QED) is 0.881. The number of aromatic nitrogens is 1. The van der Waals surface area contributed by atoms with Crippen molar-refractivity contribution in [3.63, 3.8) is 0 Å². The number of aryl methyl sites for hydroxylation is 2. The Kier molecular flexibility index (Phi) is 4.17. The van der Waals surface area contributed by atoms with Gasteiger partial charge in [0.1, 0.15) is 5.82 Å². The fourth-order valence-electron chi connectivity index (χ4n) is 2.27. The van der Waals surface area contributed by atoms with Crippen molar-refractivity contribution in [2.45, 2.75) is 33.4 Å². The molecule has 0 amide bonds. The van der Waals surface area contributed by atoms with Crippen LogP contribution < -0.4 is 11.1 Å². The molecule has 1 atom stereocenters. The molecule has 0 bridgehead atoms. The normalized spacial score (nSPS) is 12.2. The van der Waals surface area contributed by atoms with Crippen LogP contribution in [0.15, 0.2) is 36.4 Å². The zero-order chi connectivity index (χ0) is 13.8. The molecular formula is C16H21N3. The Bertz CT molecular complexity index is 549. The van der Waals surface area contributed by atoms with Crippen LogP contribution in [0.2, 0.25) is 0 Å². The van der Waals surface area contributed by atoms with Gasteiger partial charge in [-0.2, -0.15) is 0 Å². The van der Waals surface area contributed by atoms with Gasteiger partial charge in [0.2, 0.25) is 0 Å². The van der Waals surface area contributed by atoms with Gasteiger partial charge in [0.25, 0.3) is 0 Å². The van der Waals surface area contributed by atoms with Gasteiger partial charge < -0.3 is 11.1 Å². The highest BCUT2D eigenvalue weighted by Crippen LogP contribution is 2.23. The SMILES string of the molecule is Cc1cc(C)c(CN)c(NC(C)c2ccccc2)n1. The number of nitrogens with one attached hydrogen (secondary N) is 1. The van der Waals surface area contributed by atoms with Crippen molar-refractivity contribution >= 4 is 5.82 Å². The standard InChI is InChI=1S/C16H21N3/c1-11-9-12(2)18-16(15(11)10-17)19-13(3)14-7-5-4-6-8-14/h4-9,13H,10,17H2,1-3H3,(H,18,19). The molecule has 0 fully saturated rings. The lowest BCUT2D eigenvalue weighted by Crippen LogP contribution is -2.13. The highest BCUT2D eigenvalue weighted by molar-refractivity contribution is 5.50. The number of pyridine rings is 1. The van der Waals surface area contributed by atoms with E-state index in [0.29, 0.717) is 6.54 Å². The van der Waals surface area contributed by atoms with Crippen LogP contribution in [0.4, 0.5) is 5.82 Å². The van der Waals surface area contributed by atoms with Gasteiger partial charge in [-0.1, -0.05) is 30.3 Å². The Morgan fingerprint density at radius 2 is 1.89 bits per heavy atom. The molecule has 0 aliphatic rings. The van der Waals surface area contributed by atoms with Gasteiger partial charge in [0.15, 0.2) is 0 Å². The largest absolute Gasteiger partial charge is 0.363 e. The number of rotatable bonds is 4. The van der Waals surface area contributed by atoms with Crippen molar-refractivity contribution in [1.82, 2.24) is 4.98 Å². The molecule has 3 N–H and O–H groups in total. The van der Waals surface area contributed by atoms with E-state index in [9.17, 15) is 0 Å². The Balaban J connectivity index is 2.28. The highest BCUT2D eigenvalue weighted by Gasteiger charge is 2.11. The first-order chi connectivity index (χ1) is 9.11. The van der Waals surface area contributed by atoms with Gasteiger partial charge in [-0.3, -0.25) is 0 Å². The van der Waals surface area contributed by atoms with Crippen molar-refractivity contribution in [1.29, 1.82) is 0 Å². The Labute approximate surface area is 114 Å². The third kappa shape index (κ3) is 3.12. The molecule has 2 aromatic rings. The molecule has 1 aromatic heterocycles. The fraction of sp³-hybridized carbons (Fsp3) is 0.312. The Hall–Kier alpha value is -1.87. The van der Waals surface area contributed by atoms with E-state index in [2.05, 4.69) is 42.3 Å². The maximum atomic E-state index is 5.84.